The molecule has 100 valence electrons. The Morgan fingerprint density at radius 2 is 1.65 bits per heavy atom. The summed E-state index contributed by atoms with van der Waals surface area (Å²) in [7, 11) is 0. The summed E-state index contributed by atoms with van der Waals surface area (Å²) in [6.45, 7) is 7.24. The van der Waals surface area contributed by atoms with Crippen molar-refractivity contribution in [3.63, 3.8) is 0 Å². The van der Waals surface area contributed by atoms with Crippen molar-refractivity contribution >= 4 is 0 Å². The first-order valence-electron chi connectivity index (χ1n) is 7.60. The third-order valence-corrected chi connectivity index (χ3v) is 4.81. The first-order valence-corrected chi connectivity index (χ1v) is 7.60. The van der Waals surface area contributed by atoms with Crippen molar-refractivity contribution in [2.45, 2.75) is 70.9 Å². The number of hydrogen-bond donors (Lipinski definition) is 1. The smallest absolute Gasteiger partial charge is 0.0555 e. The van der Waals surface area contributed by atoms with Crippen LogP contribution in [0.3, 0.4) is 0 Å². The summed E-state index contributed by atoms with van der Waals surface area (Å²) in [5.41, 5.74) is 0. The maximum absolute atomic E-state index is 9.95. The van der Waals surface area contributed by atoms with Crippen LogP contribution in [0.25, 0.3) is 0 Å². The van der Waals surface area contributed by atoms with Crippen LogP contribution in [0, 0.1) is 11.8 Å². The summed E-state index contributed by atoms with van der Waals surface area (Å²) in [5, 5.41) is 9.95. The quantitative estimate of drug-likeness (QED) is 0.800. The number of hydrogen-bond acceptors (Lipinski definition) is 2. The predicted octanol–water partition coefficient (Wildman–Crippen LogP) is 3.05. The van der Waals surface area contributed by atoms with Crippen molar-refractivity contribution < 1.29 is 5.11 Å². The van der Waals surface area contributed by atoms with Crippen molar-refractivity contribution in [3.8, 4) is 0 Å². The highest BCUT2D eigenvalue weighted by atomic mass is 16.3. The molecule has 2 fully saturated rings. The lowest BCUT2D eigenvalue weighted by molar-refractivity contribution is 0.0130. The Hall–Kier alpha value is -0.0800. The molecule has 1 aliphatic carbocycles. The fraction of sp³-hybridized carbons (Fsp3) is 1.00. The van der Waals surface area contributed by atoms with Crippen molar-refractivity contribution in [2.75, 3.05) is 13.1 Å². The third-order valence-electron chi connectivity index (χ3n) is 4.81. The van der Waals surface area contributed by atoms with E-state index in [1.165, 1.54) is 45.2 Å². The highest BCUT2D eigenvalue weighted by molar-refractivity contribution is 4.88. The second-order valence-electron chi connectivity index (χ2n) is 6.39. The largest absolute Gasteiger partial charge is 0.393 e. The van der Waals surface area contributed by atoms with Gasteiger partial charge in [-0.25, -0.2) is 0 Å². The number of likely N-dealkylation sites (tertiary alicyclic amines) is 1. The predicted molar refractivity (Wildman–Crippen MR) is 72.0 cm³/mol. The first-order chi connectivity index (χ1) is 8.18. The Labute approximate surface area is 106 Å². The van der Waals surface area contributed by atoms with Gasteiger partial charge in [-0.15, -0.1) is 0 Å². The van der Waals surface area contributed by atoms with Gasteiger partial charge in [0.15, 0.2) is 0 Å². The molecular weight excluding hydrogens is 210 g/mol. The molecule has 1 saturated heterocycles. The molecule has 0 aromatic heterocycles. The molecule has 17 heavy (non-hydrogen) atoms. The van der Waals surface area contributed by atoms with E-state index >= 15 is 0 Å². The molecule has 0 amide bonds. The Morgan fingerprint density at radius 3 is 2.24 bits per heavy atom. The zero-order valence-electron chi connectivity index (χ0n) is 11.6. The molecule has 0 spiro atoms. The average Bonchev–Trinajstić information content (AvgIpc) is 2.56. The van der Waals surface area contributed by atoms with E-state index in [2.05, 4.69) is 18.7 Å². The Morgan fingerprint density at radius 1 is 1.00 bits per heavy atom. The average molecular weight is 239 g/mol. The van der Waals surface area contributed by atoms with E-state index in [1.807, 2.05) is 0 Å². The lowest BCUT2D eigenvalue weighted by atomic mass is 9.76. The molecule has 0 bridgehead atoms. The van der Waals surface area contributed by atoms with Gasteiger partial charge in [0.25, 0.3) is 0 Å². The second kappa shape index (κ2) is 6.19. The van der Waals surface area contributed by atoms with Crippen LogP contribution >= 0.6 is 0 Å². The van der Waals surface area contributed by atoms with Crippen LogP contribution in [0.2, 0.25) is 0 Å². The summed E-state index contributed by atoms with van der Waals surface area (Å²) in [4.78, 5) is 2.69. The van der Waals surface area contributed by atoms with Gasteiger partial charge in [0, 0.05) is 6.04 Å². The minimum Gasteiger partial charge on any atom is -0.393 e. The van der Waals surface area contributed by atoms with Crippen LogP contribution in [0.5, 0.6) is 0 Å². The SMILES string of the molecule is CC(C)C1CCC(O)CC1N1CCCCCC1. The van der Waals surface area contributed by atoms with Gasteiger partial charge in [-0.3, -0.25) is 0 Å². The number of aliphatic hydroxyl groups is 1. The summed E-state index contributed by atoms with van der Waals surface area (Å²) in [6, 6.07) is 0.650. The number of nitrogens with zero attached hydrogens (tertiary/aromatic N) is 1. The van der Waals surface area contributed by atoms with Gasteiger partial charge >= 0.3 is 0 Å². The van der Waals surface area contributed by atoms with Gasteiger partial charge in [0.05, 0.1) is 6.10 Å². The van der Waals surface area contributed by atoms with Gasteiger partial charge in [-0.05, 0) is 57.0 Å². The van der Waals surface area contributed by atoms with E-state index in [9.17, 15) is 5.11 Å². The molecule has 0 aromatic rings. The lowest BCUT2D eigenvalue weighted by Gasteiger charge is -2.43. The molecule has 0 aromatic carbocycles. The summed E-state index contributed by atoms with van der Waals surface area (Å²) >= 11 is 0. The monoisotopic (exact) mass is 239 g/mol. The molecule has 1 aliphatic heterocycles. The van der Waals surface area contributed by atoms with Crippen LogP contribution in [0.1, 0.15) is 58.8 Å². The standard InChI is InChI=1S/C15H29NO/c1-12(2)14-8-7-13(17)11-15(14)16-9-5-3-4-6-10-16/h12-15,17H,3-11H2,1-2H3. The van der Waals surface area contributed by atoms with Crippen LogP contribution in [0.4, 0.5) is 0 Å². The van der Waals surface area contributed by atoms with Gasteiger partial charge in [0.2, 0.25) is 0 Å². The topological polar surface area (TPSA) is 23.5 Å². The third kappa shape index (κ3) is 3.45. The van der Waals surface area contributed by atoms with E-state index in [1.54, 1.807) is 0 Å². The van der Waals surface area contributed by atoms with Crippen LogP contribution in [-0.2, 0) is 0 Å². The minimum absolute atomic E-state index is 0.0433. The fourth-order valence-electron chi connectivity index (χ4n) is 3.77. The zero-order chi connectivity index (χ0) is 12.3. The molecule has 1 saturated carbocycles. The fourth-order valence-corrected chi connectivity index (χ4v) is 3.77. The Kier molecular flexibility index (Phi) is 4.87. The number of aliphatic hydroxyl groups excluding tert-OH is 1. The molecule has 3 atom stereocenters. The highest BCUT2D eigenvalue weighted by Crippen LogP contribution is 2.34. The van der Waals surface area contributed by atoms with Crippen LogP contribution < -0.4 is 0 Å². The van der Waals surface area contributed by atoms with Crippen molar-refractivity contribution in [3.05, 3.63) is 0 Å². The molecule has 2 heteroatoms. The van der Waals surface area contributed by atoms with Gasteiger partial charge in [0.1, 0.15) is 0 Å². The van der Waals surface area contributed by atoms with Crippen molar-refractivity contribution in [1.82, 2.24) is 4.90 Å². The molecule has 2 aliphatic rings. The van der Waals surface area contributed by atoms with Crippen LogP contribution in [0.15, 0.2) is 0 Å². The normalized spacial score (nSPS) is 37.1. The second-order valence-corrected chi connectivity index (χ2v) is 6.39. The van der Waals surface area contributed by atoms with E-state index in [-0.39, 0.29) is 6.10 Å². The molecular formula is C15H29NO. The van der Waals surface area contributed by atoms with Crippen molar-refractivity contribution in [2.24, 2.45) is 11.8 Å². The summed E-state index contributed by atoms with van der Waals surface area (Å²) < 4.78 is 0. The lowest BCUT2D eigenvalue weighted by Crippen LogP contribution is -2.47. The highest BCUT2D eigenvalue weighted by Gasteiger charge is 2.35. The zero-order valence-corrected chi connectivity index (χ0v) is 11.6. The summed E-state index contributed by atoms with van der Waals surface area (Å²) in [6.07, 6.45) is 8.74. The van der Waals surface area contributed by atoms with Gasteiger partial charge in [-0.1, -0.05) is 26.7 Å². The maximum Gasteiger partial charge on any atom is 0.0555 e. The van der Waals surface area contributed by atoms with E-state index in [0.717, 1.165) is 24.7 Å². The molecule has 0 radical (unpaired) electrons. The molecule has 2 nitrogen and oxygen atoms in total. The van der Waals surface area contributed by atoms with E-state index < -0.39 is 0 Å². The Balaban J connectivity index is 2.02. The maximum atomic E-state index is 9.95. The summed E-state index contributed by atoms with van der Waals surface area (Å²) in [5.74, 6) is 1.56. The van der Waals surface area contributed by atoms with Crippen LogP contribution in [-0.4, -0.2) is 35.2 Å². The molecule has 1 N–H and O–H groups in total. The first kappa shape index (κ1) is 13.4. The molecule has 2 rings (SSSR count). The van der Waals surface area contributed by atoms with Gasteiger partial charge in [-0.2, -0.15) is 0 Å². The molecule has 1 heterocycles. The van der Waals surface area contributed by atoms with E-state index in [4.69, 9.17) is 0 Å². The molecule has 3 unspecified atom stereocenters. The van der Waals surface area contributed by atoms with Gasteiger partial charge < -0.3 is 10.0 Å². The van der Waals surface area contributed by atoms with Crippen molar-refractivity contribution in [1.29, 1.82) is 0 Å². The number of rotatable bonds is 2. The Bertz CT molecular complexity index is 221. The minimum atomic E-state index is -0.0433. The van der Waals surface area contributed by atoms with E-state index in [0.29, 0.717) is 6.04 Å².